The third-order valence-electron chi connectivity index (χ3n) is 8.50. The molecule has 0 radical (unpaired) electrons. The molecule has 3 aromatic carbocycles. The maximum atomic E-state index is 4.97. The van der Waals surface area contributed by atoms with Gasteiger partial charge < -0.3 is 4.90 Å². The van der Waals surface area contributed by atoms with E-state index in [2.05, 4.69) is 164 Å². The summed E-state index contributed by atoms with van der Waals surface area (Å²) in [4.78, 5) is 12.3. The molecule has 5 aromatic rings. The zero-order chi connectivity index (χ0) is 32.0. The van der Waals surface area contributed by atoms with Crippen LogP contribution in [0.25, 0.3) is 22.5 Å². The Labute approximate surface area is 267 Å². The van der Waals surface area contributed by atoms with Crippen LogP contribution in [0.15, 0.2) is 85.2 Å². The molecule has 5 rings (SSSR count). The van der Waals surface area contributed by atoms with Crippen LogP contribution in [-0.2, 0) is 0 Å². The van der Waals surface area contributed by atoms with Crippen LogP contribution in [0.4, 0.5) is 17.1 Å². The highest BCUT2D eigenvalue weighted by Crippen LogP contribution is 2.41. The Morgan fingerprint density at radius 3 is 1.27 bits per heavy atom. The van der Waals surface area contributed by atoms with Crippen LogP contribution in [0.2, 0.25) is 39.3 Å². The summed E-state index contributed by atoms with van der Waals surface area (Å²) < 4.78 is 0. The molecule has 0 spiro atoms. The number of benzene rings is 3. The molecule has 2 aromatic heterocycles. The number of aromatic nitrogens is 2. The number of hydrogen-bond donors (Lipinski definition) is 0. The van der Waals surface area contributed by atoms with E-state index in [0.717, 1.165) is 33.9 Å². The van der Waals surface area contributed by atoms with Crippen LogP contribution in [-0.4, -0.2) is 26.1 Å². The number of anilines is 3. The average molecular weight is 614 g/mol. The summed E-state index contributed by atoms with van der Waals surface area (Å²) in [7, 11) is -2.92. The normalized spacial score (nSPS) is 12.0. The van der Waals surface area contributed by atoms with E-state index in [1.165, 1.54) is 43.9 Å². The number of aryl methyl sites for hydroxylation is 5. The van der Waals surface area contributed by atoms with E-state index >= 15 is 0 Å². The zero-order valence-electron chi connectivity index (χ0n) is 28.4. The van der Waals surface area contributed by atoms with Crippen LogP contribution in [0.5, 0.6) is 0 Å². The third kappa shape index (κ3) is 6.50. The first kappa shape index (κ1) is 31.6. The van der Waals surface area contributed by atoms with Crippen molar-refractivity contribution >= 4 is 43.6 Å². The fourth-order valence-electron chi connectivity index (χ4n) is 6.54. The van der Waals surface area contributed by atoms with E-state index < -0.39 is 16.1 Å². The summed E-state index contributed by atoms with van der Waals surface area (Å²) in [5.41, 5.74) is 14.1. The molecular weight excluding hydrogens is 567 g/mol. The fraction of sp³-hybridized carbons (Fsp3) is 0.282. The lowest BCUT2D eigenvalue weighted by atomic mass is 10.0. The summed E-state index contributed by atoms with van der Waals surface area (Å²) in [5, 5.41) is 2.84. The van der Waals surface area contributed by atoms with E-state index in [-0.39, 0.29) is 0 Å². The second kappa shape index (κ2) is 11.9. The summed E-state index contributed by atoms with van der Waals surface area (Å²) in [6, 6.07) is 26.7. The minimum Gasteiger partial charge on any atom is -0.310 e. The number of rotatable bonds is 7. The van der Waals surface area contributed by atoms with Crippen molar-refractivity contribution in [2.45, 2.75) is 73.9 Å². The van der Waals surface area contributed by atoms with E-state index in [0.29, 0.717) is 0 Å². The van der Waals surface area contributed by atoms with E-state index in [9.17, 15) is 0 Å². The molecule has 44 heavy (non-hydrogen) atoms. The van der Waals surface area contributed by atoms with Crippen molar-refractivity contribution in [2.24, 2.45) is 0 Å². The van der Waals surface area contributed by atoms with Gasteiger partial charge in [0.1, 0.15) is 0 Å². The van der Waals surface area contributed by atoms with Crippen molar-refractivity contribution < 1.29 is 0 Å². The lowest BCUT2D eigenvalue weighted by Crippen LogP contribution is -2.39. The van der Waals surface area contributed by atoms with Gasteiger partial charge in [-0.15, -0.1) is 0 Å². The van der Waals surface area contributed by atoms with Gasteiger partial charge >= 0.3 is 0 Å². The largest absolute Gasteiger partial charge is 0.310 e. The lowest BCUT2D eigenvalue weighted by Gasteiger charge is -2.30. The quantitative estimate of drug-likeness (QED) is 0.171. The van der Waals surface area contributed by atoms with Gasteiger partial charge in [0.2, 0.25) is 0 Å². The van der Waals surface area contributed by atoms with Gasteiger partial charge in [0.05, 0.1) is 33.2 Å². The minimum atomic E-state index is -1.46. The van der Waals surface area contributed by atoms with Crippen LogP contribution >= 0.6 is 0 Å². The topological polar surface area (TPSA) is 29.0 Å². The van der Waals surface area contributed by atoms with Gasteiger partial charge in [-0.05, 0) is 104 Å². The standard InChI is InChI=1S/C39H47N3Si2/c1-26-18-29(4)39(30(5)19-26)42(33-16-12-14-31(22-33)35-20-27(2)37(24-40-35)43(6,7)8)34-17-13-15-32(23-34)36-21-28(3)38(25-41-36)44(9,10)11/h12-25H,1-11H3. The fourth-order valence-corrected chi connectivity index (χ4v) is 9.95. The van der Waals surface area contributed by atoms with Crippen LogP contribution < -0.4 is 15.3 Å². The molecule has 0 saturated heterocycles. The Bertz CT molecular complexity index is 1710. The molecule has 0 aliphatic rings. The lowest BCUT2D eigenvalue weighted by molar-refractivity contribution is 1.20. The Balaban J connectivity index is 1.66. The summed E-state index contributed by atoms with van der Waals surface area (Å²) in [6.45, 7) is 25.4. The van der Waals surface area contributed by atoms with E-state index in [1.54, 1.807) is 0 Å². The zero-order valence-corrected chi connectivity index (χ0v) is 30.4. The Hall–Kier alpha value is -3.81. The van der Waals surface area contributed by atoms with Gasteiger partial charge in [-0.2, -0.15) is 0 Å². The molecule has 2 heterocycles. The molecule has 0 amide bonds. The first-order valence-electron chi connectivity index (χ1n) is 15.7. The van der Waals surface area contributed by atoms with Crippen molar-refractivity contribution in [3.63, 3.8) is 0 Å². The highest BCUT2D eigenvalue weighted by atomic mass is 28.3. The van der Waals surface area contributed by atoms with Gasteiger partial charge in [0.15, 0.2) is 0 Å². The van der Waals surface area contributed by atoms with Gasteiger partial charge in [0.25, 0.3) is 0 Å². The average Bonchev–Trinajstić information content (AvgIpc) is 2.93. The maximum Gasteiger partial charge on any atom is 0.0799 e. The molecular formula is C39H47N3Si2. The molecule has 0 bridgehead atoms. The summed E-state index contributed by atoms with van der Waals surface area (Å²) >= 11 is 0. The van der Waals surface area contributed by atoms with Crippen molar-refractivity contribution in [3.8, 4) is 22.5 Å². The van der Waals surface area contributed by atoms with Gasteiger partial charge in [-0.3, -0.25) is 9.97 Å². The number of hydrogen-bond acceptors (Lipinski definition) is 3. The molecule has 0 saturated carbocycles. The SMILES string of the molecule is Cc1cc(C)c(N(c2cccc(-c3cc(C)c([Si](C)(C)C)cn3)c2)c2cccc(-c3cc(C)c([Si](C)(C)C)cn3)c2)c(C)c1. The Morgan fingerprint density at radius 2 is 0.909 bits per heavy atom. The van der Waals surface area contributed by atoms with E-state index in [1.807, 2.05) is 0 Å². The highest BCUT2D eigenvalue weighted by molar-refractivity contribution is 6.89. The number of pyridine rings is 2. The molecule has 0 aliphatic heterocycles. The van der Waals surface area contributed by atoms with Crippen molar-refractivity contribution in [3.05, 3.63) is 113 Å². The van der Waals surface area contributed by atoms with Crippen molar-refractivity contribution in [1.29, 1.82) is 0 Å². The highest BCUT2D eigenvalue weighted by Gasteiger charge is 2.22. The second-order valence-electron chi connectivity index (χ2n) is 14.5. The Kier molecular flexibility index (Phi) is 8.58. The molecule has 5 heteroatoms. The molecule has 0 fully saturated rings. The third-order valence-corrected chi connectivity index (χ3v) is 12.8. The molecule has 226 valence electrons. The second-order valence-corrected chi connectivity index (χ2v) is 24.5. The van der Waals surface area contributed by atoms with Crippen molar-refractivity contribution in [1.82, 2.24) is 9.97 Å². The molecule has 0 unspecified atom stereocenters. The number of nitrogens with zero attached hydrogens (tertiary/aromatic N) is 3. The Morgan fingerprint density at radius 1 is 0.500 bits per heavy atom. The maximum absolute atomic E-state index is 4.97. The van der Waals surface area contributed by atoms with E-state index in [4.69, 9.17) is 9.97 Å². The van der Waals surface area contributed by atoms with Crippen LogP contribution in [0, 0.1) is 34.6 Å². The predicted molar refractivity (Wildman–Crippen MR) is 197 cm³/mol. The monoisotopic (exact) mass is 613 g/mol. The first-order valence-corrected chi connectivity index (χ1v) is 22.7. The first-order chi connectivity index (χ1) is 20.6. The van der Waals surface area contributed by atoms with Gasteiger partial charge in [0, 0.05) is 34.9 Å². The smallest absolute Gasteiger partial charge is 0.0799 e. The predicted octanol–water partition coefficient (Wildman–Crippen LogP) is 9.91. The van der Waals surface area contributed by atoms with Crippen LogP contribution in [0.1, 0.15) is 27.8 Å². The summed E-state index contributed by atoms with van der Waals surface area (Å²) in [5.74, 6) is 0. The van der Waals surface area contributed by atoms with Crippen molar-refractivity contribution in [2.75, 3.05) is 4.90 Å². The summed E-state index contributed by atoms with van der Waals surface area (Å²) in [6.07, 6.45) is 4.23. The minimum absolute atomic E-state index is 1.01. The molecule has 0 N–H and O–H groups in total. The van der Waals surface area contributed by atoms with Crippen LogP contribution in [0.3, 0.4) is 0 Å². The molecule has 3 nitrogen and oxygen atoms in total. The van der Waals surface area contributed by atoms with Gasteiger partial charge in [-0.25, -0.2) is 0 Å². The molecule has 0 aliphatic carbocycles. The van der Waals surface area contributed by atoms with Gasteiger partial charge in [-0.1, -0.05) is 81.2 Å². The molecule has 0 atom stereocenters.